The van der Waals surface area contributed by atoms with Crippen LogP contribution in [0.4, 0.5) is 0 Å². The third kappa shape index (κ3) is 50.3. The predicted molar refractivity (Wildman–Crippen MR) is 435 cm³/mol. The van der Waals surface area contributed by atoms with Crippen LogP contribution in [0.25, 0.3) is 11.1 Å². The molecule has 0 aliphatic heterocycles. The first-order valence-electron chi connectivity index (χ1n) is 41.1. The van der Waals surface area contributed by atoms with Gasteiger partial charge >= 0.3 is 0 Å². The fraction of sp³-hybridized carbons (Fsp3) is 0.721. The lowest BCUT2D eigenvalue weighted by molar-refractivity contribution is -0.0273. The van der Waals surface area contributed by atoms with Crippen molar-refractivity contribution in [1.82, 2.24) is 0 Å². The van der Waals surface area contributed by atoms with Crippen LogP contribution in [0.1, 0.15) is 40.3 Å². The van der Waals surface area contributed by atoms with E-state index in [1.807, 2.05) is 12.1 Å². The van der Waals surface area contributed by atoms with Gasteiger partial charge in [0.15, 0.2) is 0 Å². The molecule has 0 N–H and O–H groups in total. The van der Waals surface area contributed by atoms with Crippen LogP contribution >= 0.6 is 0 Å². The van der Waals surface area contributed by atoms with Gasteiger partial charge in [-0.05, 0) is 89.4 Å². The average molecular weight is 1650 g/mol. The fourth-order valence-electron chi connectivity index (χ4n) is 11.6. The summed E-state index contributed by atoms with van der Waals surface area (Å²) in [6.45, 7) is 28.2. The van der Waals surface area contributed by atoms with Crippen LogP contribution in [0.3, 0.4) is 0 Å². The number of methoxy groups -OCH3 is 4. The Morgan fingerprint density at radius 2 is 0.388 bits per heavy atom. The predicted octanol–water partition coefficient (Wildman–Crippen LogP) is 7.78. The molecule has 1 aliphatic rings. The molecule has 0 amide bonds. The van der Waals surface area contributed by atoms with Crippen molar-refractivity contribution in [2.75, 3.05) is 372 Å². The largest absolute Gasteiger partial charge is 0.491 e. The molecule has 0 heterocycles. The van der Waals surface area contributed by atoms with Gasteiger partial charge in [-0.3, -0.25) is 0 Å². The van der Waals surface area contributed by atoms with Crippen molar-refractivity contribution in [3.63, 3.8) is 0 Å². The molecule has 1 unspecified atom stereocenters. The molecule has 0 saturated carbocycles. The molecule has 0 saturated heterocycles. The summed E-state index contributed by atoms with van der Waals surface area (Å²) < 4.78 is 170. The first-order valence-corrected chi connectivity index (χ1v) is 41.1. The summed E-state index contributed by atoms with van der Waals surface area (Å²) in [6, 6.07) is 26.1. The lowest BCUT2D eigenvalue weighted by Crippen LogP contribution is -2.31. The molecular weight excluding hydrogens is 1510 g/mol. The minimum atomic E-state index is -0.578. The second-order valence-corrected chi connectivity index (χ2v) is 26.2. The molecule has 1 atom stereocenters. The SMILES string of the molecule is CCc1ccc2c(c1)C(Cc1cc(OCCOCCOC)cc(OCCOCCOC)c1)(Cc1cc(OCCOCCOCCOCCOCCOCCOCCOCCOCCOCCOCCOC)cc(OCCOCCOCCOCCOCCOCCOCCOCCOCCOCCOCCOC)c1)c1cc(C)ccc1-2. The maximum absolute atomic E-state index is 6.55. The van der Waals surface area contributed by atoms with Crippen LogP contribution in [0.5, 0.6) is 23.0 Å². The van der Waals surface area contributed by atoms with Crippen molar-refractivity contribution < 1.29 is 142 Å². The van der Waals surface area contributed by atoms with E-state index in [0.29, 0.717) is 379 Å². The van der Waals surface area contributed by atoms with E-state index < -0.39 is 5.41 Å². The Morgan fingerprint density at radius 3 is 0.595 bits per heavy atom. The molecule has 5 rings (SSSR count). The first kappa shape index (κ1) is 102. The lowest BCUT2D eigenvalue weighted by atomic mass is 9.69. The number of aryl methyl sites for hydroxylation is 2. The standard InChI is InChI=1S/C86H140O30/c1-7-75-9-11-83-82-10-8-74(2)64-84(82)86(85(83)69-75,72-76-65-78(113-60-56-93-18-14-89-5)70-79(66-76)114-61-57-94-19-15-90-6)73-77-67-80(115-62-58-111-54-52-109-50-48-107-46-44-105-42-40-103-38-36-101-34-32-99-30-28-97-26-24-95-22-20-91-16-12-87-3)71-81(68-77)116-63-59-112-55-53-110-51-49-108-47-45-106-43-41-104-39-37-102-35-33-100-31-29-98-27-25-96-23-21-92-17-13-88-4/h8-11,64-71H,7,12-63,72-73H2,1-6H3. The lowest BCUT2D eigenvalue weighted by Gasteiger charge is -2.34. The summed E-state index contributed by atoms with van der Waals surface area (Å²) in [7, 11) is 6.60. The van der Waals surface area contributed by atoms with Crippen LogP contribution in [0, 0.1) is 6.92 Å². The minimum Gasteiger partial charge on any atom is -0.491 e. The summed E-state index contributed by atoms with van der Waals surface area (Å²) >= 11 is 0. The Labute approximate surface area is 690 Å². The number of rotatable bonds is 87. The minimum absolute atomic E-state index is 0.293. The van der Waals surface area contributed by atoms with Crippen LogP contribution in [0.15, 0.2) is 72.8 Å². The molecule has 0 bridgehead atoms. The molecule has 0 spiro atoms. The molecular formula is C86H140O30. The van der Waals surface area contributed by atoms with Gasteiger partial charge in [0.25, 0.3) is 0 Å². The van der Waals surface area contributed by atoms with E-state index in [1.165, 1.54) is 27.8 Å². The number of hydrogen-bond donors (Lipinski definition) is 0. The van der Waals surface area contributed by atoms with Crippen molar-refractivity contribution in [2.45, 2.75) is 38.5 Å². The van der Waals surface area contributed by atoms with Gasteiger partial charge in [0.2, 0.25) is 0 Å². The zero-order valence-electron chi connectivity index (χ0n) is 70.6. The maximum atomic E-state index is 6.55. The van der Waals surface area contributed by atoms with Gasteiger partial charge in [0, 0.05) is 46.0 Å². The van der Waals surface area contributed by atoms with E-state index in [4.69, 9.17) is 142 Å². The van der Waals surface area contributed by atoms with Crippen molar-refractivity contribution in [2.24, 2.45) is 0 Å². The monoisotopic (exact) mass is 1650 g/mol. The molecule has 4 aromatic carbocycles. The van der Waals surface area contributed by atoms with E-state index >= 15 is 0 Å². The molecule has 0 aromatic heterocycles. The van der Waals surface area contributed by atoms with Crippen molar-refractivity contribution in [1.29, 1.82) is 0 Å². The van der Waals surface area contributed by atoms with Gasteiger partial charge in [-0.15, -0.1) is 0 Å². The number of hydrogen-bond acceptors (Lipinski definition) is 30. The molecule has 0 fully saturated rings. The molecule has 4 aromatic rings. The topological polar surface area (TPSA) is 277 Å². The maximum Gasteiger partial charge on any atom is 0.123 e. The summed E-state index contributed by atoms with van der Waals surface area (Å²) in [5.74, 6) is 2.65. The van der Waals surface area contributed by atoms with E-state index in [-0.39, 0.29) is 0 Å². The van der Waals surface area contributed by atoms with E-state index in [2.05, 4.69) is 74.5 Å². The average Bonchev–Trinajstić information content (AvgIpc) is 1.56. The number of benzene rings is 4. The number of ether oxygens (including phenoxy) is 30. The van der Waals surface area contributed by atoms with Gasteiger partial charge in [-0.2, -0.15) is 0 Å². The first-order chi connectivity index (χ1) is 57.4. The van der Waals surface area contributed by atoms with Crippen molar-refractivity contribution >= 4 is 0 Å². The summed E-state index contributed by atoms with van der Waals surface area (Å²) in [6.07, 6.45) is 2.07. The van der Waals surface area contributed by atoms with Gasteiger partial charge in [0.1, 0.15) is 49.4 Å². The van der Waals surface area contributed by atoms with Gasteiger partial charge in [-0.25, -0.2) is 0 Å². The molecule has 30 heteroatoms. The van der Waals surface area contributed by atoms with Crippen LogP contribution in [-0.2, 0) is 148 Å². The summed E-state index contributed by atoms with van der Waals surface area (Å²) in [4.78, 5) is 0. The summed E-state index contributed by atoms with van der Waals surface area (Å²) in [5, 5.41) is 0. The highest BCUT2D eigenvalue weighted by atomic mass is 16.6. The zero-order chi connectivity index (χ0) is 82.0. The van der Waals surface area contributed by atoms with Crippen molar-refractivity contribution in [3.05, 3.63) is 106 Å². The van der Waals surface area contributed by atoms with Crippen LogP contribution < -0.4 is 18.9 Å². The van der Waals surface area contributed by atoms with Crippen LogP contribution in [0.2, 0.25) is 0 Å². The third-order valence-corrected chi connectivity index (χ3v) is 17.3. The molecule has 664 valence electrons. The zero-order valence-corrected chi connectivity index (χ0v) is 70.6. The Balaban J connectivity index is 1.05. The molecule has 30 nitrogen and oxygen atoms in total. The second kappa shape index (κ2) is 72.8. The molecule has 116 heavy (non-hydrogen) atoms. The highest BCUT2D eigenvalue weighted by Crippen LogP contribution is 2.54. The summed E-state index contributed by atoms with van der Waals surface area (Å²) in [5.41, 5.74) is 8.79. The number of fused-ring (bicyclic) bond motifs is 3. The fourth-order valence-corrected chi connectivity index (χ4v) is 11.6. The normalized spacial score (nSPS) is 13.2. The van der Waals surface area contributed by atoms with Gasteiger partial charge in [-0.1, -0.05) is 48.9 Å². The Kier molecular flexibility index (Phi) is 63.8. The quantitative estimate of drug-likeness (QED) is 0.0381. The van der Waals surface area contributed by atoms with E-state index in [1.54, 1.807) is 28.4 Å². The van der Waals surface area contributed by atoms with E-state index in [9.17, 15) is 0 Å². The smallest absolute Gasteiger partial charge is 0.123 e. The molecule has 0 radical (unpaired) electrons. The Hall–Kier alpha value is -4.96. The highest BCUT2D eigenvalue weighted by Gasteiger charge is 2.44. The van der Waals surface area contributed by atoms with E-state index in [0.717, 1.165) is 23.1 Å². The second-order valence-electron chi connectivity index (χ2n) is 26.2. The Morgan fingerprint density at radius 1 is 0.198 bits per heavy atom. The van der Waals surface area contributed by atoms with Crippen LogP contribution in [-0.4, -0.2) is 372 Å². The van der Waals surface area contributed by atoms with Crippen molar-refractivity contribution in [3.8, 4) is 34.1 Å². The Bertz CT molecular complexity index is 2780. The van der Waals surface area contributed by atoms with Gasteiger partial charge < -0.3 is 142 Å². The third-order valence-electron chi connectivity index (χ3n) is 17.3. The van der Waals surface area contributed by atoms with Gasteiger partial charge in [0.05, 0.1) is 317 Å². The highest BCUT2D eigenvalue weighted by molar-refractivity contribution is 5.82. The molecule has 1 aliphatic carbocycles.